The van der Waals surface area contributed by atoms with E-state index in [-0.39, 0.29) is 0 Å². The van der Waals surface area contributed by atoms with Crippen LogP contribution in [0.25, 0.3) is 0 Å². The number of aromatic nitrogens is 2. The Morgan fingerprint density at radius 3 is 2.63 bits per heavy atom. The summed E-state index contributed by atoms with van der Waals surface area (Å²) in [7, 11) is 0. The fraction of sp³-hybridized carbons (Fsp3) is 0.438. The normalized spacial score (nSPS) is 10.7. The lowest BCUT2D eigenvalue weighted by molar-refractivity contribution is 0.619. The minimum absolute atomic E-state index is 0.827. The van der Waals surface area contributed by atoms with E-state index in [0.717, 1.165) is 25.9 Å². The van der Waals surface area contributed by atoms with Gasteiger partial charge in [0.05, 0.1) is 17.9 Å². The lowest BCUT2D eigenvalue weighted by atomic mass is 10.1. The first-order chi connectivity index (χ1) is 9.26. The number of nitrogens with zero attached hydrogens (tertiary/aromatic N) is 2. The molecule has 0 amide bonds. The van der Waals surface area contributed by atoms with Crippen molar-refractivity contribution in [1.29, 1.82) is 0 Å². The van der Waals surface area contributed by atoms with Crippen molar-refractivity contribution < 1.29 is 0 Å². The minimum Gasteiger partial charge on any atom is -0.379 e. The summed E-state index contributed by atoms with van der Waals surface area (Å²) in [5.41, 5.74) is 4.96. The Morgan fingerprint density at radius 1 is 1.11 bits per heavy atom. The molecular formula is C16H23N3. The maximum atomic E-state index is 4.57. The van der Waals surface area contributed by atoms with E-state index in [4.69, 9.17) is 0 Å². The number of nitrogens with one attached hydrogen (secondary N) is 1. The lowest BCUT2D eigenvalue weighted by Crippen LogP contribution is -2.08. The molecule has 0 aliphatic heterocycles. The van der Waals surface area contributed by atoms with Crippen LogP contribution < -0.4 is 5.32 Å². The van der Waals surface area contributed by atoms with Gasteiger partial charge < -0.3 is 5.32 Å². The van der Waals surface area contributed by atoms with Crippen LogP contribution in [-0.2, 0) is 25.9 Å². The third-order valence-corrected chi connectivity index (χ3v) is 3.38. The smallest absolute Gasteiger partial charge is 0.0625 e. The van der Waals surface area contributed by atoms with Crippen molar-refractivity contribution in [3.63, 3.8) is 0 Å². The van der Waals surface area contributed by atoms with Crippen LogP contribution >= 0.6 is 0 Å². The van der Waals surface area contributed by atoms with Gasteiger partial charge in [-0.05, 0) is 43.5 Å². The van der Waals surface area contributed by atoms with Gasteiger partial charge in [-0.15, -0.1) is 0 Å². The molecule has 0 radical (unpaired) electrons. The minimum atomic E-state index is 0.827. The number of hydrogen-bond donors (Lipinski definition) is 1. The Bertz CT molecular complexity index is 529. The zero-order chi connectivity index (χ0) is 13.7. The molecular weight excluding hydrogens is 234 g/mol. The Labute approximate surface area is 115 Å². The van der Waals surface area contributed by atoms with Gasteiger partial charge in [0.2, 0.25) is 0 Å². The molecule has 2 aromatic rings. The summed E-state index contributed by atoms with van der Waals surface area (Å²) in [5, 5.41) is 8.06. The Hall–Kier alpha value is -1.77. The zero-order valence-electron chi connectivity index (χ0n) is 12.1. The highest BCUT2D eigenvalue weighted by atomic mass is 15.3. The number of hydrogen-bond acceptors (Lipinski definition) is 2. The highest BCUT2D eigenvalue weighted by Gasteiger charge is 2.05. The van der Waals surface area contributed by atoms with Crippen LogP contribution in [0.15, 0.2) is 30.3 Å². The summed E-state index contributed by atoms with van der Waals surface area (Å²) >= 11 is 0. The third-order valence-electron chi connectivity index (χ3n) is 3.38. The number of aryl methyl sites for hydroxylation is 3. The molecule has 0 fully saturated rings. The first-order valence-electron chi connectivity index (χ1n) is 7.15. The summed E-state index contributed by atoms with van der Waals surface area (Å²) in [5.74, 6) is 0. The van der Waals surface area contributed by atoms with Crippen molar-refractivity contribution in [2.75, 3.05) is 5.32 Å². The van der Waals surface area contributed by atoms with Crippen molar-refractivity contribution in [1.82, 2.24) is 9.78 Å². The lowest BCUT2D eigenvalue weighted by Gasteiger charge is -2.09. The topological polar surface area (TPSA) is 29.9 Å². The monoisotopic (exact) mass is 257 g/mol. The molecule has 1 aromatic heterocycles. The van der Waals surface area contributed by atoms with E-state index >= 15 is 0 Å². The standard InChI is InChI=1S/C16H23N3/c1-4-13-8-7-9-15(10-13)17-12-16-11-14(5-2)18-19(16)6-3/h7-11,17H,4-6,12H2,1-3H3. The Morgan fingerprint density at radius 2 is 1.95 bits per heavy atom. The average Bonchev–Trinajstić information content (AvgIpc) is 2.87. The van der Waals surface area contributed by atoms with E-state index in [1.54, 1.807) is 0 Å². The van der Waals surface area contributed by atoms with Crippen LogP contribution in [0.2, 0.25) is 0 Å². The molecule has 102 valence electrons. The molecule has 0 atom stereocenters. The molecule has 1 N–H and O–H groups in total. The van der Waals surface area contributed by atoms with Gasteiger partial charge in [-0.2, -0.15) is 5.10 Å². The van der Waals surface area contributed by atoms with Crippen LogP contribution in [0, 0.1) is 0 Å². The molecule has 0 spiro atoms. The highest BCUT2D eigenvalue weighted by molar-refractivity contribution is 5.46. The van der Waals surface area contributed by atoms with E-state index < -0.39 is 0 Å². The molecule has 0 bridgehead atoms. The summed E-state index contributed by atoms with van der Waals surface area (Å²) in [6, 6.07) is 10.8. The van der Waals surface area contributed by atoms with Crippen LogP contribution in [0.4, 0.5) is 5.69 Å². The van der Waals surface area contributed by atoms with Gasteiger partial charge in [0.25, 0.3) is 0 Å². The quantitative estimate of drug-likeness (QED) is 0.856. The van der Waals surface area contributed by atoms with Crippen LogP contribution in [0.1, 0.15) is 37.7 Å². The molecule has 0 saturated carbocycles. The van der Waals surface area contributed by atoms with Gasteiger partial charge in [0.1, 0.15) is 0 Å². The summed E-state index contributed by atoms with van der Waals surface area (Å²) in [6.07, 6.45) is 2.06. The average molecular weight is 257 g/mol. The predicted octanol–water partition coefficient (Wildman–Crippen LogP) is 3.64. The van der Waals surface area contributed by atoms with Crippen molar-refractivity contribution in [3.05, 3.63) is 47.3 Å². The molecule has 1 aromatic carbocycles. The Kier molecular flexibility index (Phi) is 4.61. The van der Waals surface area contributed by atoms with E-state index in [2.05, 4.69) is 66.2 Å². The van der Waals surface area contributed by atoms with Crippen molar-refractivity contribution >= 4 is 5.69 Å². The summed E-state index contributed by atoms with van der Waals surface area (Å²) in [4.78, 5) is 0. The second-order valence-electron chi connectivity index (χ2n) is 4.70. The van der Waals surface area contributed by atoms with E-state index in [9.17, 15) is 0 Å². The number of anilines is 1. The SMILES string of the molecule is CCc1cccc(NCc2cc(CC)nn2CC)c1. The molecule has 0 aliphatic rings. The molecule has 0 unspecified atom stereocenters. The van der Waals surface area contributed by atoms with Gasteiger partial charge in [0.15, 0.2) is 0 Å². The zero-order valence-corrected chi connectivity index (χ0v) is 12.1. The molecule has 2 rings (SSSR count). The van der Waals surface area contributed by atoms with Crippen molar-refractivity contribution in [3.8, 4) is 0 Å². The summed E-state index contributed by atoms with van der Waals surface area (Å²) < 4.78 is 2.08. The first kappa shape index (κ1) is 13.7. The largest absolute Gasteiger partial charge is 0.379 e. The molecule has 0 saturated heterocycles. The van der Waals surface area contributed by atoms with E-state index in [1.807, 2.05) is 0 Å². The fourth-order valence-electron chi connectivity index (χ4n) is 2.20. The summed E-state index contributed by atoms with van der Waals surface area (Å²) in [6.45, 7) is 8.21. The van der Waals surface area contributed by atoms with Crippen molar-refractivity contribution in [2.24, 2.45) is 0 Å². The van der Waals surface area contributed by atoms with E-state index in [1.165, 1.54) is 22.6 Å². The molecule has 3 nitrogen and oxygen atoms in total. The number of benzene rings is 1. The molecule has 0 aliphatic carbocycles. The maximum absolute atomic E-state index is 4.57. The second-order valence-corrected chi connectivity index (χ2v) is 4.70. The van der Waals surface area contributed by atoms with Gasteiger partial charge >= 0.3 is 0 Å². The van der Waals surface area contributed by atoms with Gasteiger partial charge in [-0.3, -0.25) is 4.68 Å². The van der Waals surface area contributed by atoms with Crippen LogP contribution in [0.3, 0.4) is 0 Å². The number of rotatable bonds is 6. The first-order valence-corrected chi connectivity index (χ1v) is 7.15. The Balaban J connectivity index is 2.07. The van der Waals surface area contributed by atoms with Crippen LogP contribution in [0.5, 0.6) is 0 Å². The van der Waals surface area contributed by atoms with Crippen LogP contribution in [-0.4, -0.2) is 9.78 Å². The predicted molar refractivity (Wildman–Crippen MR) is 80.4 cm³/mol. The van der Waals surface area contributed by atoms with Gasteiger partial charge in [0, 0.05) is 12.2 Å². The van der Waals surface area contributed by atoms with Crippen molar-refractivity contribution in [2.45, 2.75) is 46.7 Å². The highest BCUT2D eigenvalue weighted by Crippen LogP contribution is 2.13. The second kappa shape index (κ2) is 6.41. The van der Waals surface area contributed by atoms with Gasteiger partial charge in [-0.25, -0.2) is 0 Å². The van der Waals surface area contributed by atoms with Gasteiger partial charge in [-0.1, -0.05) is 26.0 Å². The molecule has 3 heteroatoms. The van der Waals surface area contributed by atoms with E-state index in [0.29, 0.717) is 0 Å². The maximum Gasteiger partial charge on any atom is 0.0625 e. The third kappa shape index (κ3) is 3.37. The molecule has 1 heterocycles. The molecule has 19 heavy (non-hydrogen) atoms. The fourth-order valence-corrected chi connectivity index (χ4v) is 2.20.